The fourth-order valence-corrected chi connectivity index (χ4v) is 1.76. The van der Waals surface area contributed by atoms with Gasteiger partial charge < -0.3 is 15.6 Å². The van der Waals surface area contributed by atoms with Gasteiger partial charge in [-0.25, -0.2) is 0 Å². The molecule has 0 spiro atoms. The highest BCUT2D eigenvalue weighted by atomic mass is 16.5. The van der Waals surface area contributed by atoms with Gasteiger partial charge in [-0.1, -0.05) is 12.1 Å². The molecular weight excluding hydrogens is 178 g/mol. The zero-order valence-corrected chi connectivity index (χ0v) is 8.07. The van der Waals surface area contributed by atoms with E-state index < -0.39 is 0 Å². The van der Waals surface area contributed by atoms with E-state index >= 15 is 0 Å². The molecule has 0 radical (unpaired) electrons. The SMILES string of the molecule is N[C@H]1CCOc2ccc(CCO)cc21. The molecule has 14 heavy (non-hydrogen) atoms. The number of aliphatic hydroxyl groups is 1. The van der Waals surface area contributed by atoms with Crippen LogP contribution < -0.4 is 10.5 Å². The van der Waals surface area contributed by atoms with E-state index in [4.69, 9.17) is 15.6 Å². The van der Waals surface area contributed by atoms with E-state index in [-0.39, 0.29) is 12.6 Å². The number of hydrogen-bond donors (Lipinski definition) is 2. The van der Waals surface area contributed by atoms with Gasteiger partial charge in [0.15, 0.2) is 0 Å². The maximum atomic E-state index is 8.83. The average molecular weight is 193 g/mol. The molecule has 0 amide bonds. The molecule has 1 aromatic rings. The Balaban J connectivity index is 2.31. The topological polar surface area (TPSA) is 55.5 Å². The Kier molecular flexibility index (Phi) is 2.70. The predicted octanol–water partition coefficient (Wildman–Crippen LogP) is 1.00. The van der Waals surface area contributed by atoms with Gasteiger partial charge in [-0.3, -0.25) is 0 Å². The molecular formula is C11H15NO2. The van der Waals surface area contributed by atoms with Gasteiger partial charge in [0.2, 0.25) is 0 Å². The van der Waals surface area contributed by atoms with Crippen molar-refractivity contribution >= 4 is 0 Å². The summed E-state index contributed by atoms with van der Waals surface area (Å²) in [5.41, 5.74) is 8.16. The largest absolute Gasteiger partial charge is 0.493 e. The van der Waals surface area contributed by atoms with Gasteiger partial charge in [0.05, 0.1) is 6.61 Å². The first-order chi connectivity index (χ1) is 6.81. The smallest absolute Gasteiger partial charge is 0.124 e. The summed E-state index contributed by atoms with van der Waals surface area (Å²) in [7, 11) is 0. The number of hydrogen-bond acceptors (Lipinski definition) is 3. The summed E-state index contributed by atoms with van der Waals surface area (Å²) < 4.78 is 5.48. The summed E-state index contributed by atoms with van der Waals surface area (Å²) in [4.78, 5) is 0. The first kappa shape index (κ1) is 9.49. The van der Waals surface area contributed by atoms with Crippen molar-refractivity contribution in [3.63, 3.8) is 0 Å². The number of ether oxygens (including phenoxy) is 1. The van der Waals surface area contributed by atoms with Crippen molar-refractivity contribution < 1.29 is 9.84 Å². The van der Waals surface area contributed by atoms with Crippen molar-refractivity contribution in [1.82, 2.24) is 0 Å². The van der Waals surface area contributed by atoms with Crippen LogP contribution in [0.5, 0.6) is 5.75 Å². The lowest BCUT2D eigenvalue weighted by atomic mass is 9.98. The van der Waals surface area contributed by atoms with Gasteiger partial charge in [0.25, 0.3) is 0 Å². The van der Waals surface area contributed by atoms with Crippen LogP contribution in [0.2, 0.25) is 0 Å². The van der Waals surface area contributed by atoms with Crippen LogP contribution in [-0.2, 0) is 6.42 Å². The van der Waals surface area contributed by atoms with Crippen LogP contribution in [0, 0.1) is 0 Å². The summed E-state index contributed by atoms with van der Waals surface area (Å²) in [6.07, 6.45) is 1.55. The highest BCUT2D eigenvalue weighted by Gasteiger charge is 2.17. The quantitative estimate of drug-likeness (QED) is 0.736. The molecule has 3 heteroatoms. The second-order valence-electron chi connectivity index (χ2n) is 3.59. The molecule has 0 aliphatic carbocycles. The zero-order valence-electron chi connectivity index (χ0n) is 8.07. The Hall–Kier alpha value is -1.06. The van der Waals surface area contributed by atoms with Crippen molar-refractivity contribution in [2.75, 3.05) is 13.2 Å². The molecule has 0 saturated heterocycles. The molecule has 3 nitrogen and oxygen atoms in total. The van der Waals surface area contributed by atoms with E-state index in [1.165, 1.54) is 0 Å². The van der Waals surface area contributed by atoms with E-state index in [1.807, 2.05) is 18.2 Å². The van der Waals surface area contributed by atoms with E-state index in [2.05, 4.69) is 0 Å². The molecule has 0 bridgehead atoms. The molecule has 1 heterocycles. The van der Waals surface area contributed by atoms with E-state index in [1.54, 1.807) is 0 Å². The fourth-order valence-electron chi connectivity index (χ4n) is 1.76. The third-order valence-corrected chi connectivity index (χ3v) is 2.56. The van der Waals surface area contributed by atoms with Crippen molar-refractivity contribution in [3.05, 3.63) is 29.3 Å². The number of aliphatic hydroxyl groups excluding tert-OH is 1. The fraction of sp³-hybridized carbons (Fsp3) is 0.455. The average Bonchev–Trinajstić information content (AvgIpc) is 2.20. The minimum atomic E-state index is 0.0809. The highest BCUT2D eigenvalue weighted by Crippen LogP contribution is 2.31. The van der Waals surface area contributed by atoms with Crippen LogP contribution in [0.15, 0.2) is 18.2 Å². The monoisotopic (exact) mass is 193 g/mol. The van der Waals surface area contributed by atoms with Crippen LogP contribution in [0.4, 0.5) is 0 Å². The number of benzene rings is 1. The maximum Gasteiger partial charge on any atom is 0.124 e. The van der Waals surface area contributed by atoms with Crippen LogP contribution in [0.1, 0.15) is 23.6 Å². The van der Waals surface area contributed by atoms with Gasteiger partial charge in [-0.05, 0) is 18.1 Å². The summed E-state index contributed by atoms with van der Waals surface area (Å²) in [6, 6.07) is 6.04. The lowest BCUT2D eigenvalue weighted by Gasteiger charge is -2.23. The predicted molar refractivity (Wildman–Crippen MR) is 54.3 cm³/mol. The molecule has 1 aliphatic heterocycles. The molecule has 76 valence electrons. The zero-order chi connectivity index (χ0) is 9.97. The Labute approximate surface area is 83.5 Å². The summed E-state index contributed by atoms with van der Waals surface area (Å²) in [5.74, 6) is 0.894. The van der Waals surface area contributed by atoms with Gasteiger partial charge in [-0.2, -0.15) is 0 Å². The van der Waals surface area contributed by atoms with Crippen LogP contribution >= 0.6 is 0 Å². The Morgan fingerprint density at radius 3 is 3.14 bits per heavy atom. The molecule has 1 atom stereocenters. The second-order valence-corrected chi connectivity index (χ2v) is 3.59. The van der Waals surface area contributed by atoms with Crippen LogP contribution in [0.3, 0.4) is 0 Å². The Bertz CT molecular complexity index is 325. The van der Waals surface area contributed by atoms with Gasteiger partial charge >= 0.3 is 0 Å². The number of nitrogens with two attached hydrogens (primary N) is 1. The summed E-state index contributed by atoms with van der Waals surface area (Å²) in [6.45, 7) is 0.877. The third-order valence-electron chi connectivity index (χ3n) is 2.56. The van der Waals surface area contributed by atoms with Crippen molar-refractivity contribution in [2.24, 2.45) is 5.73 Å². The molecule has 1 aromatic carbocycles. The van der Waals surface area contributed by atoms with Gasteiger partial charge in [0, 0.05) is 24.6 Å². The third kappa shape index (κ3) is 1.74. The summed E-state index contributed by atoms with van der Waals surface area (Å²) in [5, 5.41) is 8.83. The van der Waals surface area contributed by atoms with Gasteiger partial charge in [0.1, 0.15) is 5.75 Å². The first-order valence-electron chi connectivity index (χ1n) is 4.93. The Morgan fingerprint density at radius 1 is 1.50 bits per heavy atom. The standard InChI is InChI=1S/C11H15NO2/c12-10-4-6-14-11-2-1-8(3-5-13)7-9(10)11/h1-2,7,10,13H,3-6,12H2/t10-/m0/s1. The minimum absolute atomic E-state index is 0.0809. The highest BCUT2D eigenvalue weighted by molar-refractivity contribution is 5.40. The Morgan fingerprint density at radius 2 is 2.36 bits per heavy atom. The van der Waals surface area contributed by atoms with E-state index in [9.17, 15) is 0 Å². The molecule has 0 fully saturated rings. The number of rotatable bonds is 2. The lowest BCUT2D eigenvalue weighted by Crippen LogP contribution is -2.20. The molecule has 0 aromatic heterocycles. The van der Waals surface area contributed by atoms with Gasteiger partial charge in [-0.15, -0.1) is 0 Å². The van der Waals surface area contributed by atoms with Crippen molar-refractivity contribution in [3.8, 4) is 5.75 Å². The van der Waals surface area contributed by atoms with E-state index in [0.717, 1.165) is 23.3 Å². The van der Waals surface area contributed by atoms with Crippen LogP contribution in [0.25, 0.3) is 0 Å². The minimum Gasteiger partial charge on any atom is -0.493 e. The van der Waals surface area contributed by atoms with Crippen molar-refractivity contribution in [1.29, 1.82) is 0 Å². The maximum absolute atomic E-state index is 8.83. The first-order valence-corrected chi connectivity index (χ1v) is 4.93. The normalized spacial score (nSPS) is 20.0. The molecule has 0 saturated carbocycles. The number of fused-ring (bicyclic) bond motifs is 1. The van der Waals surface area contributed by atoms with Crippen molar-refractivity contribution in [2.45, 2.75) is 18.9 Å². The molecule has 1 aliphatic rings. The second kappa shape index (κ2) is 3.98. The molecule has 0 unspecified atom stereocenters. The van der Waals surface area contributed by atoms with Crippen LogP contribution in [-0.4, -0.2) is 18.3 Å². The molecule has 3 N–H and O–H groups in total. The summed E-state index contributed by atoms with van der Waals surface area (Å²) >= 11 is 0. The van der Waals surface area contributed by atoms with E-state index in [0.29, 0.717) is 13.0 Å². The lowest BCUT2D eigenvalue weighted by molar-refractivity contribution is 0.268. The molecule has 2 rings (SSSR count).